The number of likely N-dealkylation sites (N-methyl/N-ethyl adjacent to an activating group) is 1. The lowest BCUT2D eigenvalue weighted by atomic mass is 10.0. The fourth-order valence-electron chi connectivity index (χ4n) is 2.03. The van der Waals surface area contributed by atoms with E-state index in [0.717, 1.165) is 28.9 Å². The minimum absolute atomic E-state index is 0.000165. The second-order valence-electron chi connectivity index (χ2n) is 4.66. The zero-order chi connectivity index (χ0) is 15.6. The molecule has 0 amide bonds. The van der Waals surface area contributed by atoms with Crippen LogP contribution in [0.1, 0.15) is 27.9 Å². The van der Waals surface area contributed by atoms with Crippen molar-refractivity contribution in [2.45, 2.75) is 25.6 Å². The highest BCUT2D eigenvalue weighted by Gasteiger charge is 2.32. The Kier molecular flexibility index (Phi) is 4.63. The third kappa shape index (κ3) is 3.79. The Hall–Kier alpha value is -1.47. The number of halogens is 4. The maximum absolute atomic E-state index is 13.9. The molecule has 0 spiro atoms. The van der Waals surface area contributed by atoms with Crippen molar-refractivity contribution < 1.29 is 17.6 Å². The van der Waals surface area contributed by atoms with Gasteiger partial charge >= 0.3 is 6.18 Å². The van der Waals surface area contributed by atoms with Gasteiger partial charge in [-0.3, -0.25) is 0 Å². The van der Waals surface area contributed by atoms with E-state index in [1.54, 1.807) is 7.05 Å². The average molecular weight is 318 g/mol. The zero-order valence-electron chi connectivity index (χ0n) is 11.5. The molecule has 0 aliphatic carbocycles. The molecule has 1 unspecified atom stereocenters. The van der Waals surface area contributed by atoms with Gasteiger partial charge in [0.15, 0.2) is 0 Å². The molecule has 114 valence electrons. The molecule has 0 fully saturated rings. The first kappa shape index (κ1) is 15.9. The molecule has 0 saturated carbocycles. The number of thiazole rings is 1. The average Bonchev–Trinajstić information content (AvgIpc) is 2.81. The summed E-state index contributed by atoms with van der Waals surface area (Å²) in [6.45, 7) is 1.83. The van der Waals surface area contributed by atoms with Crippen LogP contribution in [-0.2, 0) is 12.6 Å². The summed E-state index contributed by atoms with van der Waals surface area (Å²) < 4.78 is 52.1. The molecule has 1 heterocycles. The van der Waals surface area contributed by atoms with Gasteiger partial charge in [0.1, 0.15) is 5.82 Å². The van der Waals surface area contributed by atoms with Crippen LogP contribution in [0, 0.1) is 12.7 Å². The molecular weight excluding hydrogens is 304 g/mol. The monoisotopic (exact) mass is 318 g/mol. The van der Waals surface area contributed by atoms with Crippen LogP contribution in [0.3, 0.4) is 0 Å². The van der Waals surface area contributed by atoms with Gasteiger partial charge in [-0.2, -0.15) is 13.2 Å². The van der Waals surface area contributed by atoms with Crippen LogP contribution < -0.4 is 5.32 Å². The van der Waals surface area contributed by atoms with Gasteiger partial charge in [0, 0.05) is 29.1 Å². The number of nitrogens with zero attached hydrogens (tertiary/aromatic N) is 1. The summed E-state index contributed by atoms with van der Waals surface area (Å²) >= 11 is 1.41. The number of nitrogens with one attached hydrogen (secondary N) is 1. The van der Waals surface area contributed by atoms with Gasteiger partial charge in [0.05, 0.1) is 10.6 Å². The second kappa shape index (κ2) is 6.11. The lowest BCUT2D eigenvalue weighted by molar-refractivity contribution is -0.137. The zero-order valence-corrected chi connectivity index (χ0v) is 12.3. The first-order valence-electron chi connectivity index (χ1n) is 6.26. The van der Waals surface area contributed by atoms with Crippen molar-refractivity contribution in [3.8, 4) is 0 Å². The number of benzene rings is 1. The van der Waals surface area contributed by atoms with Gasteiger partial charge in [-0.1, -0.05) is 0 Å². The first-order chi connectivity index (χ1) is 9.81. The van der Waals surface area contributed by atoms with E-state index in [1.807, 2.05) is 12.3 Å². The number of hydrogen-bond acceptors (Lipinski definition) is 3. The van der Waals surface area contributed by atoms with Crippen LogP contribution in [-0.4, -0.2) is 12.0 Å². The molecule has 0 aliphatic rings. The minimum atomic E-state index is -4.49. The number of hydrogen-bond donors (Lipinski definition) is 1. The molecule has 2 nitrogen and oxygen atoms in total. The van der Waals surface area contributed by atoms with Crippen LogP contribution in [0.5, 0.6) is 0 Å². The fraction of sp³-hybridized carbons (Fsp3) is 0.357. The van der Waals surface area contributed by atoms with E-state index < -0.39 is 23.6 Å². The topological polar surface area (TPSA) is 24.9 Å². The van der Waals surface area contributed by atoms with Gasteiger partial charge in [-0.25, -0.2) is 9.37 Å². The van der Waals surface area contributed by atoms with Crippen LogP contribution in [0.4, 0.5) is 17.6 Å². The molecule has 2 aromatic rings. The summed E-state index contributed by atoms with van der Waals surface area (Å²) in [6, 6.07) is 1.91. The number of alkyl halides is 3. The van der Waals surface area contributed by atoms with E-state index in [1.165, 1.54) is 11.3 Å². The summed E-state index contributed by atoms with van der Waals surface area (Å²) in [7, 11) is 1.59. The molecular formula is C14H14F4N2S. The molecule has 21 heavy (non-hydrogen) atoms. The molecule has 0 saturated heterocycles. The Balaban J connectivity index is 2.33. The Morgan fingerprint density at radius 3 is 2.57 bits per heavy atom. The predicted octanol–water partition coefficient (Wildman–Crippen LogP) is 4.11. The maximum Gasteiger partial charge on any atom is 0.416 e. The van der Waals surface area contributed by atoms with Crippen molar-refractivity contribution in [2.24, 2.45) is 0 Å². The smallest absolute Gasteiger partial charge is 0.313 e. The van der Waals surface area contributed by atoms with E-state index in [4.69, 9.17) is 0 Å². The van der Waals surface area contributed by atoms with Crippen molar-refractivity contribution in [1.82, 2.24) is 10.3 Å². The van der Waals surface area contributed by atoms with Crippen LogP contribution in [0.2, 0.25) is 0 Å². The van der Waals surface area contributed by atoms with Gasteiger partial charge < -0.3 is 5.32 Å². The molecule has 0 bridgehead atoms. The van der Waals surface area contributed by atoms with Crippen molar-refractivity contribution in [3.05, 3.63) is 51.2 Å². The number of aryl methyl sites for hydroxylation is 1. The third-order valence-electron chi connectivity index (χ3n) is 3.09. The lowest BCUT2D eigenvalue weighted by Crippen LogP contribution is -2.21. The van der Waals surface area contributed by atoms with Crippen molar-refractivity contribution in [2.75, 3.05) is 7.05 Å². The predicted molar refractivity (Wildman–Crippen MR) is 73.8 cm³/mol. The SMILES string of the molecule is CNC(Cc1nc(C)cs1)c1cc(C(F)(F)F)ccc1F. The number of aromatic nitrogens is 1. The number of rotatable bonds is 4. The molecule has 1 aromatic carbocycles. The third-order valence-corrected chi connectivity index (χ3v) is 4.08. The molecule has 0 aliphatic heterocycles. The molecule has 2 rings (SSSR count). The highest BCUT2D eigenvalue weighted by atomic mass is 32.1. The van der Waals surface area contributed by atoms with Crippen molar-refractivity contribution in [3.63, 3.8) is 0 Å². The first-order valence-corrected chi connectivity index (χ1v) is 7.14. The van der Waals surface area contributed by atoms with Gasteiger partial charge in [-0.15, -0.1) is 11.3 Å². The van der Waals surface area contributed by atoms with Crippen LogP contribution in [0.25, 0.3) is 0 Å². The quantitative estimate of drug-likeness (QED) is 0.858. The minimum Gasteiger partial charge on any atom is -0.313 e. The van der Waals surface area contributed by atoms with E-state index in [9.17, 15) is 17.6 Å². The summed E-state index contributed by atoms with van der Waals surface area (Å²) in [5.41, 5.74) is -0.0102. The van der Waals surface area contributed by atoms with E-state index in [0.29, 0.717) is 6.42 Å². The van der Waals surface area contributed by atoms with E-state index in [2.05, 4.69) is 10.3 Å². The molecule has 1 N–H and O–H groups in total. The maximum atomic E-state index is 13.9. The van der Waals surface area contributed by atoms with Gasteiger partial charge in [-0.05, 0) is 32.2 Å². The summed E-state index contributed by atoms with van der Waals surface area (Å²) in [5.74, 6) is -0.657. The summed E-state index contributed by atoms with van der Waals surface area (Å²) in [4.78, 5) is 4.26. The van der Waals surface area contributed by atoms with Gasteiger partial charge in [0.25, 0.3) is 0 Å². The fourth-order valence-corrected chi connectivity index (χ4v) is 2.84. The standard InChI is InChI=1S/C14H14F4N2S/c1-8-7-21-13(20-8)6-12(19-2)10-5-9(14(16,17)18)3-4-11(10)15/h3-5,7,12,19H,6H2,1-2H3. The highest BCUT2D eigenvalue weighted by molar-refractivity contribution is 7.09. The Morgan fingerprint density at radius 2 is 2.05 bits per heavy atom. The second-order valence-corrected chi connectivity index (χ2v) is 5.60. The Morgan fingerprint density at radius 1 is 1.33 bits per heavy atom. The molecule has 1 atom stereocenters. The molecule has 1 aromatic heterocycles. The van der Waals surface area contributed by atoms with E-state index >= 15 is 0 Å². The Bertz CT molecular complexity index is 622. The van der Waals surface area contributed by atoms with Crippen molar-refractivity contribution in [1.29, 1.82) is 0 Å². The van der Waals surface area contributed by atoms with Crippen LogP contribution >= 0.6 is 11.3 Å². The van der Waals surface area contributed by atoms with E-state index in [-0.39, 0.29) is 5.56 Å². The van der Waals surface area contributed by atoms with Crippen molar-refractivity contribution >= 4 is 11.3 Å². The van der Waals surface area contributed by atoms with Gasteiger partial charge in [0.2, 0.25) is 0 Å². The lowest BCUT2D eigenvalue weighted by Gasteiger charge is -2.18. The summed E-state index contributed by atoms with van der Waals surface area (Å²) in [5, 5.41) is 5.46. The summed E-state index contributed by atoms with van der Waals surface area (Å²) in [6.07, 6.45) is -4.15. The highest BCUT2D eigenvalue weighted by Crippen LogP contribution is 2.32. The molecule has 7 heteroatoms. The Labute approximate surface area is 123 Å². The largest absolute Gasteiger partial charge is 0.416 e. The normalized spacial score (nSPS) is 13.4. The molecule has 0 radical (unpaired) electrons. The van der Waals surface area contributed by atoms with Crippen LogP contribution in [0.15, 0.2) is 23.6 Å².